The van der Waals surface area contributed by atoms with Gasteiger partial charge in [0.1, 0.15) is 0 Å². The highest BCUT2D eigenvalue weighted by Gasteiger charge is 2.06. The number of ketones is 1. The highest BCUT2D eigenvalue weighted by molar-refractivity contribution is 6.01. The van der Waals surface area contributed by atoms with Crippen LogP contribution >= 0.6 is 0 Å². The van der Waals surface area contributed by atoms with Crippen molar-refractivity contribution < 1.29 is 9.59 Å². The molecular formula is C11H10N2O2. The zero-order valence-corrected chi connectivity index (χ0v) is 8.20. The van der Waals surface area contributed by atoms with Crippen molar-refractivity contribution in [3.8, 4) is 0 Å². The van der Waals surface area contributed by atoms with Gasteiger partial charge in [-0.1, -0.05) is 0 Å². The Labute approximate surface area is 86.1 Å². The van der Waals surface area contributed by atoms with Crippen molar-refractivity contribution in [3.63, 3.8) is 0 Å². The molecule has 1 aromatic carbocycles. The first kappa shape index (κ1) is 9.45. The van der Waals surface area contributed by atoms with Gasteiger partial charge in [0.15, 0.2) is 5.78 Å². The molecule has 0 saturated heterocycles. The Balaban J connectivity index is 2.62. The van der Waals surface area contributed by atoms with Crippen LogP contribution in [-0.4, -0.2) is 16.7 Å². The third kappa shape index (κ3) is 1.61. The number of amides is 1. The zero-order valence-electron chi connectivity index (χ0n) is 8.20. The van der Waals surface area contributed by atoms with Gasteiger partial charge >= 0.3 is 0 Å². The van der Waals surface area contributed by atoms with Crippen LogP contribution in [0.1, 0.15) is 27.8 Å². The van der Waals surface area contributed by atoms with E-state index in [1.54, 1.807) is 24.3 Å². The second-order valence-electron chi connectivity index (χ2n) is 3.41. The molecule has 3 N–H and O–H groups in total. The van der Waals surface area contributed by atoms with Crippen LogP contribution in [0.4, 0.5) is 0 Å². The molecule has 2 aromatic rings. The van der Waals surface area contributed by atoms with Gasteiger partial charge in [-0.25, -0.2) is 0 Å². The van der Waals surface area contributed by atoms with E-state index in [2.05, 4.69) is 4.98 Å². The summed E-state index contributed by atoms with van der Waals surface area (Å²) in [7, 11) is 0. The van der Waals surface area contributed by atoms with E-state index in [4.69, 9.17) is 5.73 Å². The minimum atomic E-state index is -0.470. The average molecular weight is 202 g/mol. The van der Waals surface area contributed by atoms with Crippen molar-refractivity contribution in [1.29, 1.82) is 0 Å². The normalized spacial score (nSPS) is 10.5. The summed E-state index contributed by atoms with van der Waals surface area (Å²) in [6.45, 7) is 1.49. The Kier molecular flexibility index (Phi) is 2.04. The number of nitrogens with one attached hydrogen (secondary N) is 1. The molecule has 0 fully saturated rings. The smallest absolute Gasteiger partial charge is 0.248 e. The van der Waals surface area contributed by atoms with Gasteiger partial charge in [-0.3, -0.25) is 9.59 Å². The molecule has 0 radical (unpaired) electrons. The summed E-state index contributed by atoms with van der Waals surface area (Å²) >= 11 is 0. The van der Waals surface area contributed by atoms with E-state index >= 15 is 0 Å². The largest absolute Gasteiger partial charge is 0.366 e. The second kappa shape index (κ2) is 3.24. The molecule has 0 aliphatic heterocycles. The number of fused-ring (bicyclic) bond motifs is 1. The van der Waals surface area contributed by atoms with Gasteiger partial charge in [-0.05, 0) is 24.3 Å². The number of benzene rings is 1. The molecule has 76 valence electrons. The van der Waals surface area contributed by atoms with E-state index in [1.807, 2.05) is 0 Å². The Morgan fingerprint density at radius 2 is 2.00 bits per heavy atom. The Morgan fingerprint density at radius 3 is 2.60 bits per heavy atom. The van der Waals surface area contributed by atoms with Crippen molar-refractivity contribution in [2.45, 2.75) is 6.92 Å². The summed E-state index contributed by atoms with van der Waals surface area (Å²) in [6, 6.07) is 6.75. The van der Waals surface area contributed by atoms with Gasteiger partial charge in [-0.15, -0.1) is 0 Å². The van der Waals surface area contributed by atoms with Crippen molar-refractivity contribution >= 4 is 22.6 Å². The summed E-state index contributed by atoms with van der Waals surface area (Å²) < 4.78 is 0. The molecule has 1 aromatic heterocycles. The fourth-order valence-electron chi connectivity index (χ4n) is 1.48. The molecule has 0 aliphatic carbocycles. The van der Waals surface area contributed by atoms with E-state index in [1.165, 1.54) is 6.92 Å². The maximum atomic E-state index is 11.1. The number of carbonyl (C=O) groups excluding carboxylic acids is 2. The lowest BCUT2D eigenvalue weighted by atomic mass is 10.1. The van der Waals surface area contributed by atoms with Crippen LogP contribution < -0.4 is 5.73 Å². The molecule has 0 bridgehead atoms. The Hall–Kier alpha value is -2.10. The van der Waals surface area contributed by atoms with Crippen LogP contribution in [0.3, 0.4) is 0 Å². The summed E-state index contributed by atoms with van der Waals surface area (Å²) in [5.74, 6) is -0.505. The van der Waals surface area contributed by atoms with E-state index in [0.29, 0.717) is 11.3 Å². The molecule has 15 heavy (non-hydrogen) atoms. The predicted molar refractivity (Wildman–Crippen MR) is 56.8 cm³/mol. The van der Waals surface area contributed by atoms with Crippen molar-refractivity contribution in [2.75, 3.05) is 0 Å². The number of hydrogen-bond donors (Lipinski definition) is 2. The lowest BCUT2D eigenvalue weighted by Gasteiger charge is -1.94. The average Bonchev–Trinajstić information content (AvgIpc) is 2.59. The maximum absolute atomic E-state index is 11.1. The molecule has 0 aliphatic rings. The van der Waals surface area contributed by atoms with Gasteiger partial charge in [-0.2, -0.15) is 0 Å². The van der Waals surface area contributed by atoms with Crippen molar-refractivity contribution in [2.24, 2.45) is 5.73 Å². The van der Waals surface area contributed by atoms with Gasteiger partial charge in [0, 0.05) is 23.4 Å². The molecule has 0 atom stereocenters. The first-order valence-corrected chi connectivity index (χ1v) is 4.51. The number of primary amides is 1. The van der Waals surface area contributed by atoms with Crippen molar-refractivity contribution in [3.05, 3.63) is 35.5 Å². The molecular weight excluding hydrogens is 192 g/mol. The minimum Gasteiger partial charge on any atom is -0.366 e. The van der Waals surface area contributed by atoms with Crippen LogP contribution in [0, 0.1) is 0 Å². The number of carbonyl (C=O) groups is 2. The van der Waals surface area contributed by atoms with Gasteiger partial charge < -0.3 is 10.7 Å². The lowest BCUT2D eigenvalue weighted by molar-refractivity contribution is 0.0995. The van der Waals surface area contributed by atoms with Crippen LogP contribution in [-0.2, 0) is 0 Å². The quantitative estimate of drug-likeness (QED) is 0.723. The highest BCUT2D eigenvalue weighted by atomic mass is 16.1. The van der Waals surface area contributed by atoms with Crippen LogP contribution in [0.25, 0.3) is 10.9 Å². The monoisotopic (exact) mass is 202 g/mol. The third-order valence-electron chi connectivity index (χ3n) is 2.28. The Morgan fingerprint density at radius 1 is 1.27 bits per heavy atom. The molecule has 0 unspecified atom stereocenters. The molecule has 2 rings (SSSR count). The van der Waals surface area contributed by atoms with Crippen LogP contribution in [0.5, 0.6) is 0 Å². The minimum absolute atomic E-state index is 0.0353. The van der Waals surface area contributed by atoms with E-state index in [-0.39, 0.29) is 5.78 Å². The maximum Gasteiger partial charge on any atom is 0.248 e. The fourth-order valence-corrected chi connectivity index (χ4v) is 1.48. The number of Topliss-reactive ketones (excluding diaryl/α,β-unsaturated/α-hetero) is 1. The van der Waals surface area contributed by atoms with E-state index in [0.717, 1.165) is 10.9 Å². The topological polar surface area (TPSA) is 76.0 Å². The number of hydrogen-bond acceptors (Lipinski definition) is 2. The van der Waals surface area contributed by atoms with E-state index in [9.17, 15) is 9.59 Å². The van der Waals surface area contributed by atoms with Crippen molar-refractivity contribution in [1.82, 2.24) is 4.98 Å². The number of nitrogens with two attached hydrogens (primary N) is 1. The predicted octanol–water partition coefficient (Wildman–Crippen LogP) is 1.47. The van der Waals surface area contributed by atoms with E-state index < -0.39 is 5.91 Å². The second-order valence-corrected chi connectivity index (χ2v) is 3.41. The third-order valence-corrected chi connectivity index (χ3v) is 2.28. The summed E-state index contributed by atoms with van der Waals surface area (Å²) in [5.41, 5.74) is 6.95. The summed E-state index contributed by atoms with van der Waals surface area (Å²) in [4.78, 5) is 25.0. The summed E-state index contributed by atoms with van der Waals surface area (Å²) in [5, 5.41) is 0.816. The summed E-state index contributed by atoms with van der Waals surface area (Å²) in [6.07, 6.45) is 0. The number of H-pyrrole nitrogens is 1. The number of aromatic amines is 1. The first-order chi connectivity index (χ1) is 7.08. The van der Waals surface area contributed by atoms with Gasteiger partial charge in [0.05, 0.1) is 5.69 Å². The standard InChI is InChI=1S/C11H10N2O2/c1-6(14)10-5-8-4-7(11(12)15)2-3-9(8)13-10/h2-5,13H,1H3,(H2,12,15). The number of aromatic nitrogens is 1. The zero-order chi connectivity index (χ0) is 11.0. The molecule has 4 heteroatoms. The Bertz CT molecular complexity index is 543. The highest BCUT2D eigenvalue weighted by Crippen LogP contribution is 2.17. The first-order valence-electron chi connectivity index (χ1n) is 4.51. The molecule has 1 heterocycles. The van der Waals surface area contributed by atoms with Gasteiger partial charge in [0.25, 0.3) is 0 Å². The van der Waals surface area contributed by atoms with Gasteiger partial charge in [0.2, 0.25) is 5.91 Å². The molecule has 4 nitrogen and oxygen atoms in total. The van der Waals surface area contributed by atoms with Crippen LogP contribution in [0.15, 0.2) is 24.3 Å². The molecule has 0 saturated carbocycles. The SMILES string of the molecule is CC(=O)c1cc2cc(C(N)=O)ccc2[nH]1. The van der Waals surface area contributed by atoms with Crippen LogP contribution in [0.2, 0.25) is 0 Å². The number of rotatable bonds is 2. The lowest BCUT2D eigenvalue weighted by Crippen LogP contribution is -2.10. The fraction of sp³-hybridized carbons (Fsp3) is 0.0909. The molecule has 1 amide bonds. The molecule has 0 spiro atoms.